The zero-order chi connectivity index (χ0) is 25.0. The molecule has 3 unspecified atom stereocenters. The average Bonchev–Trinajstić information content (AvgIpc) is 3.39. The molecule has 0 bridgehead atoms. The van der Waals surface area contributed by atoms with Gasteiger partial charge in [0.15, 0.2) is 0 Å². The SMILES string of the molecule is COc1cccc2c1cc(C(N)=O)n2C(CC(C)C)C(=O)NC(C[C@@H]1CCNC1=O)C(N)C#N. The zero-order valence-corrected chi connectivity index (χ0v) is 19.7. The number of hydrogen-bond acceptors (Lipinski definition) is 6. The van der Waals surface area contributed by atoms with Crippen molar-refractivity contribution in [1.82, 2.24) is 15.2 Å². The second kappa shape index (κ2) is 10.6. The van der Waals surface area contributed by atoms with Crippen LogP contribution in [0.5, 0.6) is 5.75 Å². The molecule has 34 heavy (non-hydrogen) atoms. The Morgan fingerprint density at radius 3 is 2.68 bits per heavy atom. The third-order valence-corrected chi connectivity index (χ3v) is 6.24. The number of ether oxygens (including phenoxy) is 1. The molecule has 10 heteroatoms. The minimum Gasteiger partial charge on any atom is -0.496 e. The summed E-state index contributed by atoms with van der Waals surface area (Å²) >= 11 is 0. The van der Waals surface area contributed by atoms with Crippen molar-refractivity contribution >= 4 is 28.6 Å². The summed E-state index contributed by atoms with van der Waals surface area (Å²) < 4.78 is 7.07. The highest BCUT2D eigenvalue weighted by molar-refractivity contribution is 6.01. The second-order valence-electron chi connectivity index (χ2n) is 9.08. The molecule has 0 spiro atoms. The lowest BCUT2D eigenvalue weighted by Gasteiger charge is -2.28. The van der Waals surface area contributed by atoms with Gasteiger partial charge in [0, 0.05) is 17.8 Å². The summed E-state index contributed by atoms with van der Waals surface area (Å²) in [6.07, 6.45) is 1.28. The first-order chi connectivity index (χ1) is 16.2. The number of rotatable bonds is 10. The summed E-state index contributed by atoms with van der Waals surface area (Å²) in [6, 6.07) is 6.44. The Morgan fingerprint density at radius 2 is 2.12 bits per heavy atom. The number of carbonyl (C=O) groups excluding carboxylic acids is 3. The van der Waals surface area contributed by atoms with Gasteiger partial charge < -0.3 is 31.4 Å². The van der Waals surface area contributed by atoms with Crippen LogP contribution in [-0.2, 0) is 9.59 Å². The van der Waals surface area contributed by atoms with Crippen LogP contribution in [0, 0.1) is 23.2 Å². The fourth-order valence-electron chi connectivity index (χ4n) is 4.54. The molecule has 2 aromatic rings. The van der Waals surface area contributed by atoms with Crippen molar-refractivity contribution in [3.05, 3.63) is 30.0 Å². The smallest absolute Gasteiger partial charge is 0.265 e. The number of nitrogens with two attached hydrogens (primary N) is 2. The van der Waals surface area contributed by atoms with Crippen LogP contribution in [-0.4, -0.2) is 48.0 Å². The van der Waals surface area contributed by atoms with Crippen molar-refractivity contribution in [2.75, 3.05) is 13.7 Å². The molecule has 6 N–H and O–H groups in total. The molecular formula is C24H32N6O4. The summed E-state index contributed by atoms with van der Waals surface area (Å²) in [4.78, 5) is 38.1. The molecule has 3 rings (SSSR count). The summed E-state index contributed by atoms with van der Waals surface area (Å²) in [6.45, 7) is 4.50. The van der Waals surface area contributed by atoms with Crippen molar-refractivity contribution in [3.63, 3.8) is 0 Å². The highest BCUT2D eigenvalue weighted by atomic mass is 16.5. The minimum atomic E-state index is -0.992. The van der Waals surface area contributed by atoms with Crippen LogP contribution < -0.4 is 26.8 Å². The number of nitrogens with one attached hydrogen (secondary N) is 2. The summed E-state index contributed by atoms with van der Waals surface area (Å²) in [7, 11) is 1.53. The number of nitriles is 1. The van der Waals surface area contributed by atoms with E-state index in [0.29, 0.717) is 36.0 Å². The molecule has 0 saturated carbocycles. The van der Waals surface area contributed by atoms with Crippen LogP contribution in [0.3, 0.4) is 0 Å². The van der Waals surface area contributed by atoms with Gasteiger partial charge in [0.25, 0.3) is 5.91 Å². The van der Waals surface area contributed by atoms with E-state index in [4.69, 9.17) is 16.2 Å². The second-order valence-corrected chi connectivity index (χ2v) is 9.08. The van der Waals surface area contributed by atoms with Gasteiger partial charge in [0.2, 0.25) is 11.8 Å². The van der Waals surface area contributed by atoms with E-state index in [1.54, 1.807) is 28.8 Å². The number of fused-ring (bicyclic) bond motifs is 1. The lowest BCUT2D eigenvalue weighted by atomic mass is 9.93. The fourth-order valence-corrected chi connectivity index (χ4v) is 4.54. The van der Waals surface area contributed by atoms with Crippen LogP contribution >= 0.6 is 0 Å². The Hall–Kier alpha value is -3.58. The van der Waals surface area contributed by atoms with Gasteiger partial charge in [-0.3, -0.25) is 14.4 Å². The molecule has 1 aliphatic heterocycles. The molecule has 1 fully saturated rings. The van der Waals surface area contributed by atoms with E-state index in [9.17, 15) is 19.6 Å². The van der Waals surface area contributed by atoms with E-state index in [1.165, 1.54) is 7.11 Å². The Kier molecular flexibility index (Phi) is 7.79. The van der Waals surface area contributed by atoms with Gasteiger partial charge in [-0.1, -0.05) is 19.9 Å². The van der Waals surface area contributed by atoms with Gasteiger partial charge in [0.05, 0.1) is 24.7 Å². The van der Waals surface area contributed by atoms with Crippen molar-refractivity contribution < 1.29 is 19.1 Å². The molecule has 3 amide bonds. The Balaban J connectivity index is 2.02. The Labute approximate surface area is 198 Å². The molecular weight excluding hydrogens is 436 g/mol. The molecule has 0 radical (unpaired) electrons. The first-order valence-corrected chi connectivity index (χ1v) is 11.4. The molecule has 1 aromatic heterocycles. The van der Waals surface area contributed by atoms with Gasteiger partial charge in [-0.15, -0.1) is 0 Å². The molecule has 4 atom stereocenters. The van der Waals surface area contributed by atoms with Crippen LogP contribution in [0.25, 0.3) is 10.9 Å². The Bertz CT molecular complexity index is 1120. The first kappa shape index (κ1) is 25.1. The third-order valence-electron chi connectivity index (χ3n) is 6.24. The number of nitrogens with zero attached hydrogens (tertiary/aromatic N) is 2. The number of carbonyl (C=O) groups is 3. The van der Waals surface area contributed by atoms with Gasteiger partial charge in [0.1, 0.15) is 23.5 Å². The van der Waals surface area contributed by atoms with Gasteiger partial charge in [-0.05, 0) is 43.4 Å². The average molecular weight is 469 g/mol. The largest absolute Gasteiger partial charge is 0.496 e. The van der Waals surface area contributed by atoms with Crippen molar-refractivity contribution in [1.29, 1.82) is 5.26 Å². The number of amides is 3. The van der Waals surface area contributed by atoms with Crippen LogP contribution in [0.4, 0.5) is 0 Å². The minimum absolute atomic E-state index is 0.100. The summed E-state index contributed by atoms with van der Waals surface area (Å²) in [5.74, 6) is -0.852. The van der Waals surface area contributed by atoms with Gasteiger partial charge >= 0.3 is 0 Å². The number of benzene rings is 1. The van der Waals surface area contributed by atoms with Gasteiger partial charge in [-0.25, -0.2) is 0 Å². The van der Waals surface area contributed by atoms with Crippen LogP contribution in [0.15, 0.2) is 24.3 Å². The molecule has 1 saturated heterocycles. The van der Waals surface area contributed by atoms with Crippen molar-refractivity contribution in [2.24, 2.45) is 23.3 Å². The fraction of sp³-hybridized carbons (Fsp3) is 0.500. The number of hydrogen-bond donors (Lipinski definition) is 4. The Morgan fingerprint density at radius 1 is 1.38 bits per heavy atom. The van der Waals surface area contributed by atoms with Crippen molar-refractivity contribution in [3.8, 4) is 11.8 Å². The van der Waals surface area contributed by atoms with E-state index >= 15 is 0 Å². The lowest BCUT2D eigenvalue weighted by molar-refractivity contribution is -0.127. The normalized spacial score (nSPS) is 18.2. The number of methoxy groups -OCH3 is 1. The lowest BCUT2D eigenvalue weighted by Crippen LogP contribution is -2.50. The summed E-state index contributed by atoms with van der Waals surface area (Å²) in [5, 5.41) is 15.8. The highest BCUT2D eigenvalue weighted by Crippen LogP contribution is 2.33. The highest BCUT2D eigenvalue weighted by Gasteiger charge is 2.34. The molecule has 1 aliphatic rings. The predicted octanol–water partition coefficient (Wildman–Crippen LogP) is 1.20. The molecule has 182 valence electrons. The standard InChI is InChI=1S/C24H32N6O4/c1-13(2)9-20(24(33)29-17(16(26)12-25)10-14-7-8-28-23(14)32)30-18-5-4-6-21(34-3)15(18)11-19(30)22(27)31/h4-6,11,13-14,16-17,20H,7-10,26H2,1-3H3,(H2,27,31)(H,28,32)(H,29,33)/t14-,16?,17?,20?/m0/s1. The topological polar surface area (TPSA) is 165 Å². The van der Waals surface area contributed by atoms with E-state index in [1.807, 2.05) is 19.9 Å². The number of primary amides is 1. The number of aromatic nitrogens is 1. The maximum Gasteiger partial charge on any atom is 0.265 e. The van der Waals surface area contributed by atoms with Crippen LogP contribution in [0.1, 0.15) is 49.6 Å². The summed E-state index contributed by atoms with van der Waals surface area (Å²) in [5.41, 5.74) is 12.5. The zero-order valence-electron chi connectivity index (χ0n) is 19.7. The molecule has 2 heterocycles. The van der Waals surface area contributed by atoms with E-state index < -0.39 is 29.9 Å². The van der Waals surface area contributed by atoms with Crippen molar-refractivity contribution in [2.45, 2.75) is 51.2 Å². The predicted molar refractivity (Wildman–Crippen MR) is 127 cm³/mol. The maximum atomic E-state index is 13.7. The molecule has 1 aromatic carbocycles. The molecule has 0 aliphatic carbocycles. The van der Waals surface area contributed by atoms with E-state index in [0.717, 1.165) is 0 Å². The first-order valence-electron chi connectivity index (χ1n) is 11.4. The molecule has 10 nitrogen and oxygen atoms in total. The quantitative estimate of drug-likeness (QED) is 0.409. The van der Waals surface area contributed by atoms with Gasteiger partial charge in [-0.2, -0.15) is 5.26 Å². The van der Waals surface area contributed by atoms with E-state index in [-0.39, 0.29) is 29.9 Å². The third kappa shape index (κ3) is 5.15. The maximum absolute atomic E-state index is 13.7. The monoisotopic (exact) mass is 468 g/mol. The van der Waals surface area contributed by atoms with Crippen LogP contribution in [0.2, 0.25) is 0 Å². The van der Waals surface area contributed by atoms with E-state index in [2.05, 4.69) is 10.6 Å².